The minimum Gasteiger partial charge on any atom is -0.457 e. The number of unbranched alkanes of at least 4 members (excludes halogenated alkanes) is 2. The monoisotopic (exact) mass is 433 g/mol. The standard InChI is InChI=1S/C26H31N3O3/c1-3-4-5-6-19-7-12-22(13-8-19)32-23-14-9-20(10-15-23)17-28-26(30)24-16-11-21(18-31-2)29-25(24)27/h7-16H,3-6,17-18H2,1-2H3,(H2,27,29)(H,28,30). The third-order valence-corrected chi connectivity index (χ3v) is 5.12. The Morgan fingerprint density at radius 2 is 1.59 bits per heavy atom. The number of carbonyl (C=O) groups is 1. The molecule has 0 aliphatic rings. The summed E-state index contributed by atoms with van der Waals surface area (Å²) in [4.78, 5) is 16.6. The Morgan fingerprint density at radius 1 is 0.938 bits per heavy atom. The molecule has 0 spiro atoms. The number of nitrogens with two attached hydrogens (primary N) is 1. The molecule has 3 rings (SSSR count). The number of nitrogens with zero attached hydrogens (tertiary/aromatic N) is 1. The molecule has 3 N–H and O–H groups in total. The van der Waals surface area contributed by atoms with Crippen LogP contribution in [0.2, 0.25) is 0 Å². The molecule has 0 unspecified atom stereocenters. The molecule has 0 aliphatic carbocycles. The molecule has 2 aromatic carbocycles. The van der Waals surface area contributed by atoms with Gasteiger partial charge in [0.25, 0.3) is 5.91 Å². The van der Waals surface area contributed by atoms with E-state index in [-0.39, 0.29) is 11.7 Å². The summed E-state index contributed by atoms with van der Waals surface area (Å²) < 4.78 is 11.0. The summed E-state index contributed by atoms with van der Waals surface area (Å²) in [6.07, 6.45) is 4.81. The van der Waals surface area contributed by atoms with Gasteiger partial charge in [-0.05, 0) is 60.4 Å². The van der Waals surface area contributed by atoms with E-state index >= 15 is 0 Å². The first-order valence-corrected chi connectivity index (χ1v) is 11.0. The molecule has 6 nitrogen and oxygen atoms in total. The molecule has 1 amide bonds. The van der Waals surface area contributed by atoms with E-state index in [2.05, 4.69) is 29.4 Å². The molecule has 3 aromatic rings. The van der Waals surface area contributed by atoms with Gasteiger partial charge in [-0.1, -0.05) is 44.0 Å². The van der Waals surface area contributed by atoms with Gasteiger partial charge in [0.15, 0.2) is 0 Å². The van der Waals surface area contributed by atoms with Crippen LogP contribution in [0.15, 0.2) is 60.7 Å². The van der Waals surface area contributed by atoms with Gasteiger partial charge < -0.3 is 20.5 Å². The topological polar surface area (TPSA) is 86.5 Å². The number of rotatable bonds is 11. The van der Waals surface area contributed by atoms with Crippen LogP contribution in [-0.2, 0) is 24.3 Å². The summed E-state index contributed by atoms with van der Waals surface area (Å²) in [7, 11) is 1.58. The van der Waals surface area contributed by atoms with Crippen LogP contribution in [0.3, 0.4) is 0 Å². The van der Waals surface area contributed by atoms with Crippen molar-refractivity contribution < 1.29 is 14.3 Å². The quantitative estimate of drug-likeness (QED) is 0.403. The number of amides is 1. The summed E-state index contributed by atoms with van der Waals surface area (Å²) in [5, 5.41) is 2.87. The number of nitrogens with one attached hydrogen (secondary N) is 1. The van der Waals surface area contributed by atoms with Crippen LogP contribution in [0.5, 0.6) is 11.5 Å². The minimum atomic E-state index is -0.265. The number of aryl methyl sites for hydroxylation is 1. The molecule has 32 heavy (non-hydrogen) atoms. The van der Waals surface area contributed by atoms with Gasteiger partial charge >= 0.3 is 0 Å². The smallest absolute Gasteiger partial charge is 0.255 e. The summed E-state index contributed by atoms with van der Waals surface area (Å²) in [5.41, 5.74) is 9.24. The Kier molecular flexibility index (Phi) is 8.63. The summed E-state index contributed by atoms with van der Waals surface area (Å²) in [6.45, 7) is 2.94. The first-order valence-electron chi connectivity index (χ1n) is 11.0. The molecule has 6 heteroatoms. The van der Waals surface area contributed by atoms with Crippen LogP contribution in [-0.4, -0.2) is 18.0 Å². The highest BCUT2D eigenvalue weighted by Gasteiger charge is 2.11. The lowest BCUT2D eigenvalue weighted by atomic mass is 10.1. The maximum absolute atomic E-state index is 12.4. The normalized spacial score (nSPS) is 10.7. The third-order valence-electron chi connectivity index (χ3n) is 5.12. The Balaban J connectivity index is 1.51. The van der Waals surface area contributed by atoms with Crippen LogP contribution in [0.1, 0.15) is 53.4 Å². The average molecular weight is 434 g/mol. The van der Waals surface area contributed by atoms with E-state index in [0.717, 1.165) is 23.5 Å². The summed E-state index contributed by atoms with van der Waals surface area (Å²) in [6, 6.07) is 19.3. The molecule has 0 aliphatic heterocycles. The Labute approximate surface area is 189 Å². The fourth-order valence-corrected chi connectivity index (χ4v) is 3.33. The van der Waals surface area contributed by atoms with Crippen LogP contribution in [0, 0.1) is 0 Å². The number of ether oxygens (including phenoxy) is 2. The van der Waals surface area contributed by atoms with E-state index in [0.29, 0.717) is 24.4 Å². The Morgan fingerprint density at radius 3 is 2.19 bits per heavy atom. The maximum atomic E-state index is 12.4. The molecule has 0 saturated heterocycles. The van der Waals surface area contributed by atoms with E-state index in [4.69, 9.17) is 15.2 Å². The lowest BCUT2D eigenvalue weighted by Gasteiger charge is -2.10. The van der Waals surface area contributed by atoms with E-state index < -0.39 is 0 Å². The average Bonchev–Trinajstić information content (AvgIpc) is 2.80. The Bertz CT molecular complexity index is 1000. The van der Waals surface area contributed by atoms with E-state index in [1.54, 1.807) is 19.2 Å². The van der Waals surface area contributed by atoms with Gasteiger partial charge in [0.1, 0.15) is 17.3 Å². The fourth-order valence-electron chi connectivity index (χ4n) is 3.33. The van der Waals surface area contributed by atoms with Crippen molar-refractivity contribution in [1.82, 2.24) is 10.3 Å². The molecule has 1 aromatic heterocycles. The van der Waals surface area contributed by atoms with Crippen molar-refractivity contribution in [2.45, 2.75) is 45.8 Å². The van der Waals surface area contributed by atoms with Gasteiger partial charge in [0.2, 0.25) is 0 Å². The summed E-state index contributed by atoms with van der Waals surface area (Å²) in [5.74, 6) is 1.49. The predicted molar refractivity (Wildman–Crippen MR) is 127 cm³/mol. The largest absolute Gasteiger partial charge is 0.457 e. The second-order valence-electron chi connectivity index (χ2n) is 7.70. The molecule has 0 fully saturated rings. The van der Waals surface area contributed by atoms with Gasteiger partial charge in [-0.3, -0.25) is 4.79 Å². The van der Waals surface area contributed by atoms with Crippen molar-refractivity contribution in [1.29, 1.82) is 0 Å². The zero-order valence-corrected chi connectivity index (χ0v) is 18.8. The molecule has 1 heterocycles. The first-order chi connectivity index (χ1) is 15.6. The number of benzene rings is 2. The maximum Gasteiger partial charge on any atom is 0.255 e. The number of pyridine rings is 1. The van der Waals surface area contributed by atoms with Gasteiger partial charge in [0, 0.05) is 13.7 Å². The molecule has 0 bridgehead atoms. The van der Waals surface area contributed by atoms with Crippen LogP contribution in [0.25, 0.3) is 0 Å². The van der Waals surface area contributed by atoms with Crippen molar-refractivity contribution in [2.75, 3.05) is 12.8 Å². The number of anilines is 1. The molecular formula is C26H31N3O3. The molecule has 0 atom stereocenters. The van der Waals surface area contributed by atoms with Crippen LogP contribution < -0.4 is 15.8 Å². The zero-order chi connectivity index (χ0) is 22.8. The lowest BCUT2D eigenvalue weighted by Crippen LogP contribution is -2.24. The van der Waals surface area contributed by atoms with Gasteiger partial charge in [0.05, 0.1) is 17.9 Å². The van der Waals surface area contributed by atoms with Crippen LogP contribution in [0.4, 0.5) is 5.82 Å². The number of hydrogen-bond donors (Lipinski definition) is 2. The number of carbonyl (C=O) groups excluding carboxylic acids is 1. The van der Waals surface area contributed by atoms with E-state index in [1.807, 2.05) is 36.4 Å². The number of hydrogen-bond acceptors (Lipinski definition) is 5. The molecule has 0 radical (unpaired) electrons. The molecule has 0 saturated carbocycles. The van der Waals surface area contributed by atoms with Crippen molar-refractivity contribution in [3.05, 3.63) is 83.0 Å². The van der Waals surface area contributed by atoms with Crippen molar-refractivity contribution in [3.63, 3.8) is 0 Å². The number of nitrogen functional groups attached to an aromatic ring is 1. The highest BCUT2D eigenvalue weighted by atomic mass is 16.5. The number of aromatic nitrogens is 1. The SMILES string of the molecule is CCCCCc1ccc(Oc2ccc(CNC(=O)c3ccc(COC)nc3N)cc2)cc1. The van der Waals surface area contributed by atoms with Gasteiger partial charge in [-0.2, -0.15) is 0 Å². The third kappa shape index (κ3) is 6.82. The highest BCUT2D eigenvalue weighted by Crippen LogP contribution is 2.23. The fraction of sp³-hybridized carbons (Fsp3) is 0.308. The van der Waals surface area contributed by atoms with Crippen molar-refractivity contribution in [2.24, 2.45) is 0 Å². The second kappa shape index (κ2) is 11.9. The first kappa shape index (κ1) is 23.3. The number of methoxy groups -OCH3 is 1. The van der Waals surface area contributed by atoms with Crippen molar-refractivity contribution >= 4 is 11.7 Å². The van der Waals surface area contributed by atoms with E-state index in [1.165, 1.54) is 24.8 Å². The van der Waals surface area contributed by atoms with Gasteiger partial charge in [-0.25, -0.2) is 4.98 Å². The Hall–Kier alpha value is -3.38. The summed E-state index contributed by atoms with van der Waals surface area (Å²) >= 11 is 0. The minimum absolute atomic E-state index is 0.192. The van der Waals surface area contributed by atoms with Crippen molar-refractivity contribution in [3.8, 4) is 11.5 Å². The molecular weight excluding hydrogens is 402 g/mol. The lowest BCUT2D eigenvalue weighted by molar-refractivity contribution is 0.0951. The van der Waals surface area contributed by atoms with Crippen LogP contribution >= 0.6 is 0 Å². The second-order valence-corrected chi connectivity index (χ2v) is 7.70. The zero-order valence-electron chi connectivity index (χ0n) is 18.8. The molecule has 168 valence electrons. The predicted octanol–water partition coefficient (Wildman–Crippen LogP) is 5.27. The highest BCUT2D eigenvalue weighted by molar-refractivity contribution is 5.98. The van der Waals surface area contributed by atoms with Gasteiger partial charge in [-0.15, -0.1) is 0 Å². The van der Waals surface area contributed by atoms with E-state index in [9.17, 15) is 4.79 Å².